The van der Waals surface area contributed by atoms with Crippen LogP contribution in [-0.4, -0.2) is 65.0 Å². The molecule has 2 heterocycles. The van der Waals surface area contributed by atoms with Gasteiger partial charge in [0.25, 0.3) is 5.91 Å². The molecule has 1 aromatic carbocycles. The van der Waals surface area contributed by atoms with Crippen LogP contribution < -0.4 is 10.1 Å². The molecule has 2 N–H and O–H groups in total. The molecule has 1 saturated heterocycles. The van der Waals surface area contributed by atoms with Crippen molar-refractivity contribution in [3.05, 3.63) is 23.8 Å². The summed E-state index contributed by atoms with van der Waals surface area (Å²) < 4.78 is 5.95. The summed E-state index contributed by atoms with van der Waals surface area (Å²) in [6.45, 7) is 0.667. The molecule has 162 valence electrons. The first-order valence-electron chi connectivity index (χ1n) is 10.9. The van der Waals surface area contributed by atoms with Gasteiger partial charge in [-0.15, -0.1) is 0 Å². The quantitative estimate of drug-likeness (QED) is 0.665. The normalized spacial score (nSPS) is 20.9. The summed E-state index contributed by atoms with van der Waals surface area (Å²) in [6.07, 6.45) is 7.04. The highest BCUT2D eigenvalue weighted by molar-refractivity contribution is 6.08. The Labute approximate surface area is 176 Å². The summed E-state index contributed by atoms with van der Waals surface area (Å²) in [6, 6.07) is 5.48. The van der Waals surface area contributed by atoms with E-state index in [1.165, 1.54) is 19.3 Å². The van der Waals surface area contributed by atoms with Crippen molar-refractivity contribution in [3.8, 4) is 5.75 Å². The van der Waals surface area contributed by atoms with Crippen LogP contribution in [0.15, 0.2) is 23.2 Å². The molecule has 8 heteroatoms. The minimum Gasteiger partial charge on any atom is -0.491 e. The average molecular weight is 415 g/mol. The van der Waals surface area contributed by atoms with Gasteiger partial charge in [-0.1, -0.05) is 31.4 Å². The summed E-state index contributed by atoms with van der Waals surface area (Å²) in [5, 5.41) is 12.2. The van der Waals surface area contributed by atoms with E-state index in [4.69, 9.17) is 4.74 Å². The first-order valence-corrected chi connectivity index (χ1v) is 10.9. The Morgan fingerprint density at radius 2 is 2.13 bits per heavy atom. The van der Waals surface area contributed by atoms with Crippen LogP contribution in [0.3, 0.4) is 0 Å². The lowest BCUT2D eigenvalue weighted by molar-refractivity contribution is -0.132. The second-order valence-corrected chi connectivity index (χ2v) is 8.26. The predicted octanol–water partition coefficient (Wildman–Crippen LogP) is 1.93. The van der Waals surface area contributed by atoms with Crippen LogP contribution in [0, 0.1) is 0 Å². The molecule has 0 bridgehead atoms. The number of hydrogen-bond donors (Lipinski definition) is 2. The number of hydrogen-bond acceptors (Lipinski definition) is 6. The molecule has 1 saturated carbocycles. The molecule has 0 aromatic heterocycles. The molecule has 1 atom stereocenters. The van der Waals surface area contributed by atoms with Gasteiger partial charge in [0.05, 0.1) is 13.2 Å². The van der Waals surface area contributed by atoms with Crippen molar-refractivity contribution in [1.82, 2.24) is 15.1 Å². The van der Waals surface area contributed by atoms with Gasteiger partial charge in [0.2, 0.25) is 11.9 Å². The molecule has 1 aromatic rings. The van der Waals surface area contributed by atoms with Gasteiger partial charge in [-0.25, -0.2) is 4.99 Å². The Bertz CT molecular complexity index is 834. The molecular weight excluding hydrogens is 384 g/mol. The fraction of sp³-hybridized carbons (Fsp3) is 0.591. The van der Waals surface area contributed by atoms with Crippen LogP contribution in [0.2, 0.25) is 0 Å². The van der Waals surface area contributed by atoms with Gasteiger partial charge in [0.1, 0.15) is 17.5 Å². The molecule has 3 aliphatic rings. The second-order valence-electron chi connectivity index (χ2n) is 8.26. The molecule has 2 fully saturated rings. The molecule has 0 radical (unpaired) electrons. The van der Waals surface area contributed by atoms with Crippen LogP contribution in [0.4, 0.5) is 5.69 Å². The number of rotatable bonds is 7. The van der Waals surface area contributed by atoms with Crippen molar-refractivity contribution >= 4 is 23.5 Å². The van der Waals surface area contributed by atoms with Crippen LogP contribution >= 0.6 is 0 Å². The van der Waals surface area contributed by atoms with Gasteiger partial charge in [-0.2, -0.15) is 0 Å². The molecule has 0 spiro atoms. The van der Waals surface area contributed by atoms with E-state index in [-0.39, 0.29) is 18.4 Å². The highest BCUT2D eigenvalue weighted by Crippen LogP contribution is 2.37. The van der Waals surface area contributed by atoms with Gasteiger partial charge >= 0.3 is 0 Å². The Morgan fingerprint density at radius 3 is 2.90 bits per heavy atom. The van der Waals surface area contributed by atoms with Gasteiger partial charge in [-0.05, 0) is 25.3 Å². The lowest BCUT2D eigenvalue weighted by Gasteiger charge is -2.31. The van der Waals surface area contributed by atoms with Gasteiger partial charge < -0.3 is 19.6 Å². The number of aliphatic hydroxyl groups is 1. The zero-order valence-electron chi connectivity index (χ0n) is 17.5. The SMILES string of the molecule is CN(C(=O)CCCOc1cccc2c1N=C1NC(=O)C(CO)N1C2)C1CCCCC1. The van der Waals surface area contributed by atoms with Crippen molar-refractivity contribution in [3.63, 3.8) is 0 Å². The van der Waals surface area contributed by atoms with E-state index < -0.39 is 6.04 Å². The maximum Gasteiger partial charge on any atom is 0.251 e. The topological polar surface area (TPSA) is 94.5 Å². The van der Waals surface area contributed by atoms with Crippen molar-refractivity contribution < 1.29 is 19.4 Å². The number of para-hydroxylation sites is 1. The highest BCUT2D eigenvalue weighted by Gasteiger charge is 2.39. The summed E-state index contributed by atoms with van der Waals surface area (Å²) in [7, 11) is 1.92. The maximum absolute atomic E-state index is 12.5. The van der Waals surface area contributed by atoms with Gasteiger partial charge in [0.15, 0.2) is 0 Å². The minimum absolute atomic E-state index is 0.181. The van der Waals surface area contributed by atoms with E-state index in [2.05, 4.69) is 10.3 Å². The molecule has 4 rings (SSSR count). The summed E-state index contributed by atoms with van der Waals surface area (Å²) >= 11 is 0. The number of nitrogens with one attached hydrogen (secondary N) is 1. The van der Waals surface area contributed by atoms with E-state index >= 15 is 0 Å². The number of carbonyl (C=O) groups is 2. The fourth-order valence-corrected chi connectivity index (χ4v) is 4.50. The number of aliphatic hydroxyl groups excluding tert-OH is 1. The second kappa shape index (κ2) is 9.04. The van der Waals surface area contributed by atoms with Crippen molar-refractivity contribution in [2.45, 2.75) is 63.6 Å². The smallest absolute Gasteiger partial charge is 0.251 e. The largest absolute Gasteiger partial charge is 0.491 e. The van der Waals surface area contributed by atoms with E-state index in [9.17, 15) is 14.7 Å². The Balaban J connectivity index is 1.33. The van der Waals surface area contributed by atoms with Crippen molar-refractivity contribution in [2.75, 3.05) is 20.3 Å². The van der Waals surface area contributed by atoms with Crippen molar-refractivity contribution in [2.24, 2.45) is 4.99 Å². The standard InChI is InChI=1S/C22H30N4O4/c1-25(16-8-3-2-4-9-16)19(28)11-6-12-30-18-10-5-7-15-13-26-17(14-27)21(29)24-22(26)23-20(15)18/h5,7,10,16-17,27H,2-4,6,8-9,11-14H2,1H3,(H,23,24,29). The van der Waals surface area contributed by atoms with Crippen LogP contribution in [-0.2, 0) is 16.1 Å². The van der Waals surface area contributed by atoms with Gasteiger partial charge in [0, 0.05) is 31.6 Å². The van der Waals surface area contributed by atoms with E-state index in [0.29, 0.717) is 49.4 Å². The number of amides is 2. The zero-order valence-corrected chi connectivity index (χ0v) is 17.5. The van der Waals surface area contributed by atoms with Crippen LogP contribution in [0.25, 0.3) is 0 Å². The number of guanidine groups is 1. The van der Waals surface area contributed by atoms with E-state index in [0.717, 1.165) is 18.4 Å². The third-order valence-corrected chi connectivity index (χ3v) is 6.31. The average Bonchev–Trinajstić information content (AvgIpc) is 3.08. The van der Waals surface area contributed by atoms with E-state index in [1.54, 1.807) is 4.90 Å². The number of carbonyl (C=O) groups excluding carboxylic acids is 2. The molecule has 1 aliphatic carbocycles. The molecule has 30 heavy (non-hydrogen) atoms. The number of ether oxygens (including phenoxy) is 1. The number of fused-ring (bicyclic) bond motifs is 2. The summed E-state index contributed by atoms with van der Waals surface area (Å²) in [5.41, 5.74) is 1.65. The maximum atomic E-state index is 12.5. The first kappa shape index (κ1) is 20.7. The molecular formula is C22H30N4O4. The molecule has 8 nitrogen and oxygen atoms in total. The third kappa shape index (κ3) is 4.14. The van der Waals surface area contributed by atoms with E-state index in [1.807, 2.05) is 30.1 Å². The lowest BCUT2D eigenvalue weighted by Crippen LogP contribution is -2.39. The molecule has 1 unspecified atom stereocenters. The monoisotopic (exact) mass is 414 g/mol. The van der Waals surface area contributed by atoms with Crippen LogP contribution in [0.5, 0.6) is 5.75 Å². The highest BCUT2D eigenvalue weighted by atomic mass is 16.5. The lowest BCUT2D eigenvalue weighted by atomic mass is 9.94. The Morgan fingerprint density at radius 1 is 1.33 bits per heavy atom. The van der Waals surface area contributed by atoms with Gasteiger partial charge in [-0.3, -0.25) is 14.9 Å². The number of benzene rings is 1. The Hall–Kier alpha value is -2.61. The summed E-state index contributed by atoms with van der Waals surface area (Å²) in [5.74, 6) is 1.04. The predicted molar refractivity (Wildman–Crippen MR) is 112 cm³/mol. The number of nitrogens with zero attached hydrogens (tertiary/aromatic N) is 3. The fourth-order valence-electron chi connectivity index (χ4n) is 4.50. The minimum atomic E-state index is -0.603. The first-order chi connectivity index (χ1) is 14.6. The zero-order chi connectivity index (χ0) is 21.1. The molecule has 2 amide bonds. The molecule has 2 aliphatic heterocycles. The Kier molecular flexibility index (Phi) is 6.22. The van der Waals surface area contributed by atoms with Crippen LogP contribution in [0.1, 0.15) is 50.5 Å². The number of aliphatic imine (C=N–C) groups is 1. The van der Waals surface area contributed by atoms with Crippen molar-refractivity contribution in [1.29, 1.82) is 0 Å². The third-order valence-electron chi connectivity index (χ3n) is 6.31. The summed E-state index contributed by atoms with van der Waals surface area (Å²) in [4.78, 5) is 32.7.